The number of rotatable bonds is 7. The minimum Gasteiger partial charge on any atom is -0.441 e. The molecule has 0 unspecified atom stereocenters. The average Bonchev–Trinajstić information content (AvgIpc) is 3.08. The molecule has 0 aliphatic carbocycles. The topological polar surface area (TPSA) is 72.2 Å². The molecule has 1 aromatic heterocycles. The molecule has 3 rings (SSSR count). The van der Waals surface area contributed by atoms with Gasteiger partial charge in [0.1, 0.15) is 5.76 Å². The second kappa shape index (κ2) is 8.97. The highest BCUT2D eigenvalue weighted by atomic mass is 32.2. The van der Waals surface area contributed by atoms with Gasteiger partial charge in [0.05, 0.1) is 22.2 Å². The van der Waals surface area contributed by atoms with Crippen molar-refractivity contribution in [3.05, 3.63) is 71.6 Å². The van der Waals surface area contributed by atoms with E-state index in [4.69, 9.17) is 4.42 Å². The zero-order valence-corrected chi connectivity index (χ0v) is 17.1. The predicted octanol–water partition coefficient (Wildman–Crippen LogP) is 4.49. The van der Waals surface area contributed by atoms with Gasteiger partial charge in [0.25, 0.3) is 5.91 Å². The van der Waals surface area contributed by atoms with Crippen LogP contribution in [-0.2, 0) is 16.6 Å². The third kappa shape index (κ3) is 4.75. The summed E-state index contributed by atoms with van der Waals surface area (Å²) in [7, 11) is -1.18. The first-order valence-electron chi connectivity index (χ1n) is 9.29. The first-order valence-corrected chi connectivity index (χ1v) is 10.6. The Morgan fingerprint density at radius 1 is 1.14 bits per heavy atom. The monoisotopic (exact) mass is 396 g/mol. The number of carbonyl (C=O) groups excluding carboxylic acids is 1. The molecule has 6 heteroatoms. The lowest BCUT2D eigenvalue weighted by atomic mass is 10.1. The van der Waals surface area contributed by atoms with Crippen molar-refractivity contribution in [2.45, 2.75) is 43.9 Å². The Morgan fingerprint density at radius 2 is 1.82 bits per heavy atom. The second-order valence-electron chi connectivity index (χ2n) is 6.68. The highest BCUT2D eigenvalue weighted by molar-refractivity contribution is 7.84. The van der Waals surface area contributed by atoms with E-state index in [2.05, 4.69) is 10.3 Å². The third-order valence-electron chi connectivity index (χ3n) is 4.55. The van der Waals surface area contributed by atoms with Crippen molar-refractivity contribution in [2.75, 3.05) is 0 Å². The number of aryl methyl sites for hydroxylation is 1. The van der Waals surface area contributed by atoms with Gasteiger partial charge in [0.15, 0.2) is 0 Å². The normalized spacial score (nSPS) is 13.1. The quantitative estimate of drug-likeness (QED) is 0.639. The lowest BCUT2D eigenvalue weighted by Crippen LogP contribution is -2.31. The van der Waals surface area contributed by atoms with Gasteiger partial charge >= 0.3 is 0 Å². The summed E-state index contributed by atoms with van der Waals surface area (Å²) in [5, 5.41) is 2.94. The van der Waals surface area contributed by atoms with Gasteiger partial charge in [-0.2, -0.15) is 0 Å². The molecule has 146 valence electrons. The standard InChI is InChI=1S/C22H24N2O3S/c1-4-15(2)23-21(25)17-10-12-18(13-11-17)22-24-20(16(3)27-22)14-28(26)19-8-6-5-7-9-19/h5-13,15H,4,14H2,1-3H3,(H,23,25)/t15-,28-/m0/s1. The lowest BCUT2D eigenvalue weighted by Gasteiger charge is -2.11. The van der Waals surface area contributed by atoms with E-state index >= 15 is 0 Å². The first-order chi connectivity index (χ1) is 13.5. The summed E-state index contributed by atoms with van der Waals surface area (Å²) in [4.78, 5) is 17.5. The van der Waals surface area contributed by atoms with Crippen LogP contribution < -0.4 is 5.32 Å². The van der Waals surface area contributed by atoms with Crippen molar-refractivity contribution in [3.8, 4) is 11.5 Å². The summed E-state index contributed by atoms with van der Waals surface area (Å²) in [6.45, 7) is 5.83. The summed E-state index contributed by atoms with van der Waals surface area (Å²) >= 11 is 0. The molecule has 0 aliphatic rings. The maximum absolute atomic E-state index is 12.5. The van der Waals surface area contributed by atoms with E-state index in [-0.39, 0.29) is 11.9 Å². The zero-order chi connectivity index (χ0) is 20.1. The van der Waals surface area contributed by atoms with Crippen LogP contribution in [0.2, 0.25) is 0 Å². The number of benzene rings is 2. The van der Waals surface area contributed by atoms with Crippen LogP contribution in [0.4, 0.5) is 0 Å². The van der Waals surface area contributed by atoms with Crippen LogP contribution in [0.1, 0.15) is 42.1 Å². The molecule has 28 heavy (non-hydrogen) atoms. The highest BCUT2D eigenvalue weighted by Gasteiger charge is 2.16. The zero-order valence-electron chi connectivity index (χ0n) is 16.3. The molecule has 0 fully saturated rings. The van der Waals surface area contributed by atoms with Crippen molar-refractivity contribution in [3.63, 3.8) is 0 Å². The number of amides is 1. The summed E-state index contributed by atoms with van der Waals surface area (Å²) in [5.74, 6) is 1.32. The maximum Gasteiger partial charge on any atom is 0.251 e. The molecule has 5 nitrogen and oxygen atoms in total. The molecule has 1 amide bonds. The van der Waals surface area contributed by atoms with E-state index in [1.165, 1.54) is 0 Å². The van der Waals surface area contributed by atoms with Crippen LogP contribution in [0.5, 0.6) is 0 Å². The molecule has 0 bridgehead atoms. The largest absolute Gasteiger partial charge is 0.441 e. The second-order valence-corrected chi connectivity index (χ2v) is 8.14. The Kier molecular flexibility index (Phi) is 6.41. The highest BCUT2D eigenvalue weighted by Crippen LogP contribution is 2.24. The van der Waals surface area contributed by atoms with Gasteiger partial charge in [0.2, 0.25) is 5.89 Å². The van der Waals surface area contributed by atoms with E-state index in [0.717, 1.165) is 16.9 Å². The molecule has 1 heterocycles. The number of hydrogen-bond acceptors (Lipinski definition) is 4. The van der Waals surface area contributed by atoms with Crippen molar-refractivity contribution in [2.24, 2.45) is 0 Å². The Morgan fingerprint density at radius 3 is 2.46 bits per heavy atom. The summed E-state index contributed by atoms with van der Waals surface area (Å²) in [5.41, 5.74) is 2.05. The number of aromatic nitrogens is 1. The average molecular weight is 397 g/mol. The number of nitrogens with one attached hydrogen (secondary N) is 1. The van der Waals surface area contributed by atoms with Gasteiger partial charge in [-0.05, 0) is 56.7 Å². The SMILES string of the molecule is CC[C@H](C)NC(=O)c1ccc(-c2nc(C[S@](=O)c3ccccc3)c(C)o2)cc1. The van der Waals surface area contributed by atoms with Crippen molar-refractivity contribution in [1.29, 1.82) is 0 Å². The van der Waals surface area contributed by atoms with Crippen LogP contribution in [-0.4, -0.2) is 21.1 Å². The van der Waals surface area contributed by atoms with Gasteiger partial charge < -0.3 is 9.73 Å². The van der Waals surface area contributed by atoms with E-state index in [1.807, 2.05) is 63.2 Å². The number of oxazole rings is 1. The molecular weight excluding hydrogens is 372 g/mol. The van der Waals surface area contributed by atoms with Crippen LogP contribution in [0.3, 0.4) is 0 Å². The Hall–Kier alpha value is -2.73. The number of nitrogens with zero attached hydrogens (tertiary/aromatic N) is 1. The van der Waals surface area contributed by atoms with Crippen LogP contribution in [0.25, 0.3) is 11.5 Å². The number of carbonyl (C=O) groups is 1. The fraction of sp³-hybridized carbons (Fsp3) is 0.273. The molecule has 0 spiro atoms. The summed E-state index contributed by atoms with van der Waals surface area (Å²) in [6, 6.07) is 16.6. The molecule has 2 aromatic carbocycles. The van der Waals surface area contributed by atoms with Gasteiger partial charge in [-0.3, -0.25) is 9.00 Å². The summed E-state index contributed by atoms with van der Waals surface area (Å²) in [6.07, 6.45) is 0.881. The van der Waals surface area contributed by atoms with Gasteiger partial charge in [-0.15, -0.1) is 0 Å². The minimum absolute atomic E-state index is 0.0940. The van der Waals surface area contributed by atoms with Gasteiger partial charge in [-0.25, -0.2) is 4.98 Å². The van der Waals surface area contributed by atoms with E-state index < -0.39 is 10.8 Å². The Labute approximate surface area is 167 Å². The molecule has 0 saturated carbocycles. The van der Waals surface area contributed by atoms with Crippen LogP contribution in [0, 0.1) is 6.92 Å². The van der Waals surface area contributed by atoms with Crippen molar-refractivity contribution >= 4 is 16.7 Å². The van der Waals surface area contributed by atoms with E-state index in [0.29, 0.717) is 28.7 Å². The minimum atomic E-state index is -1.18. The third-order valence-corrected chi connectivity index (χ3v) is 5.88. The van der Waals surface area contributed by atoms with Crippen LogP contribution in [0.15, 0.2) is 63.9 Å². The molecule has 2 atom stereocenters. The van der Waals surface area contributed by atoms with E-state index in [1.54, 1.807) is 12.1 Å². The smallest absolute Gasteiger partial charge is 0.251 e. The molecule has 0 radical (unpaired) electrons. The first kappa shape index (κ1) is 20.0. The number of hydrogen-bond donors (Lipinski definition) is 1. The molecular formula is C22H24N2O3S. The fourth-order valence-electron chi connectivity index (χ4n) is 2.64. The Bertz CT molecular complexity index is 965. The maximum atomic E-state index is 12.5. The predicted molar refractivity (Wildman–Crippen MR) is 110 cm³/mol. The Balaban J connectivity index is 1.74. The molecule has 0 saturated heterocycles. The summed E-state index contributed by atoms with van der Waals surface area (Å²) < 4.78 is 18.3. The van der Waals surface area contributed by atoms with E-state index in [9.17, 15) is 9.00 Å². The lowest BCUT2D eigenvalue weighted by molar-refractivity contribution is 0.0939. The molecule has 3 aromatic rings. The van der Waals surface area contributed by atoms with Gasteiger partial charge in [-0.1, -0.05) is 25.1 Å². The fourth-order valence-corrected chi connectivity index (χ4v) is 3.78. The van der Waals surface area contributed by atoms with Gasteiger partial charge in [0, 0.05) is 22.1 Å². The van der Waals surface area contributed by atoms with Crippen molar-refractivity contribution in [1.82, 2.24) is 10.3 Å². The molecule has 1 N–H and O–H groups in total. The molecule has 0 aliphatic heterocycles. The van der Waals surface area contributed by atoms with Crippen LogP contribution >= 0.6 is 0 Å². The van der Waals surface area contributed by atoms with Crippen molar-refractivity contribution < 1.29 is 13.4 Å².